The zero-order valence-electron chi connectivity index (χ0n) is 13.6. The molecule has 0 bridgehead atoms. The Kier molecular flexibility index (Phi) is 5.40. The van der Waals surface area contributed by atoms with E-state index in [1.807, 2.05) is 24.3 Å². The van der Waals surface area contributed by atoms with Crippen LogP contribution in [-0.4, -0.2) is 28.7 Å². The summed E-state index contributed by atoms with van der Waals surface area (Å²) in [5.41, 5.74) is 1.44. The van der Waals surface area contributed by atoms with Crippen LogP contribution >= 0.6 is 11.8 Å². The van der Waals surface area contributed by atoms with Gasteiger partial charge in [0, 0.05) is 6.04 Å². The summed E-state index contributed by atoms with van der Waals surface area (Å²) in [7, 11) is 0. The Labute approximate surface area is 144 Å². The monoisotopic (exact) mass is 347 g/mol. The van der Waals surface area contributed by atoms with Gasteiger partial charge in [-0.15, -0.1) is 0 Å². The predicted octanol–water partition coefficient (Wildman–Crippen LogP) is 3.32. The van der Waals surface area contributed by atoms with Gasteiger partial charge >= 0.3 is 6.03 Å². The maximum Gasteiger partial charge on any atom is 0.321 e. The first kappa shape index (κ1) is 16.8. The fourth-order valence-corrected chi connectivity index (χ4v) is 3.58. The van der Waals surface area contributed by atoms with E-state index in [1.165, 1.54) is 18.2 Å². The number of amides is 3. The second-order valence-electron chi connectivity index (χ2n) is 6.13. The van der Waals surface area contributed by atoms with Crippen LogP contribution in [0.25, 0.3) is 11.1 Å². The highest BCUT2D eigenvalue weighted by molar-refractivity contribution is 7.99. The second-order valence-corrected chi connectivity index (χ2v) is 7.05. The van der Waals surface area contributed by atoms with Crippen molar-refractivity contribution in [1.29, 1.82) is 0 Å². The number of hydrogen-bond acceptors (Lipinski definition) is 5. The molecule has 6 nitrogen and oxygen atoms in total. The molecule has 1 fully saturated rings. The molecular weight excluding hydrogens is 326 g/mol. The molecule has 0 spiro atoms. The minimum Gasteiger partial charge on any atom is -0.431 e. The number of nitrogens with one attached hydrogen (secondary N) is 2. The Bertz CT molecular complexity index is 698. The largest absolute Gasteiger partial charge is 0.431 e. The van der Waals surface area contributed by atoms with Gasteiger partial charge in [-0.2, -0.15) is 0 Å². The number of urea groups is 1. The molecule has 0 aliphatic heterocycles. The molecule has 2 N–H and O–H groups in total. The van der Waals surface area contributed by atoms with E-state index in [1.54, 1.807) is 0 Å². The number of rotatable bonds is 4. The van der Waals surface area contributed by atoms with Gasteiger partial charge in [-0.25, -0.2) is 9.78 Å². The van der Waals surface area contributed by atoms with Gasteiger partial charge in [0.1, 0.15) is 5.52 Å². The maximum atomic E-state index is 11.9. The number of imide groups is 1. The number of benzene rings is 1. The lowest BCUT2D eigenvalue weighted by Crippen LogP contribution is -2.48. The standard InChI is InChI=1S/C17H21N3O3S/c1-11-6-2-3-7-12(11)18-16(22)20-15(21)10-24-17-19-13-8-4-5-9-14(13)23-17/h4-5,8-9,11-12H,2-3,6-7,10H2,1H3,(H2,18,20,21,22)/t11-,12-/m0/s1. The van der Waals surface area contributed by atoms with E-state index in [9.17, 15) is 9.59 Å². The number of carbonyl (C=O) groups excluding carboxylic acids is 2. The van der Waals surface area contributed by atoms with Crippen LogP contribution < -0.4 is 10.6 Å². The third-order valence-corrected chi connectivity index (χ3v) is 5.11. The molecule has 3 rings (SSSR count). The molecule has 1 aliphatic rings. The number of para-hydroxylation sites is 2. The molecule has 0 unspecified atom stereocenters. The van der Waals surface area contributed by atoms with Gasteiger partial charge in [0.05, 0.1) is 5.75 Å². The maximum absolute atomic E-state index is 11.9. The average Bonchev–Trinajstić information content (AvgIpc) is 2.98. The highest BCUT2D eigenvalue weighted by atomic mass is 32.2. The highest BCUT2D eigenvalue weighted by Gasteiger charge is 2.23. The van der Waals surface area contributed by atoms with E-state index in [0.29, 0.717) is 16.7 Å². The minimum absolute atomic E-state index is 0.0838. The predicted molar refractivity (Wildman–Crippen MR) is 92.8 cm³/mol. The van der Waals surface area contributed by atoms with E-state index in [-0.39, 0.29) is 17.7 Å². The second kappa shape index (κ2) is 7.70. The summed E-state index contributed by atoms with van der Waals surface area (Å²) in [6.45, 7) is 2.13. The van der Waals surface area contributed by atoms with E-state index in [2.05, 4.69) is 22.5 Å². The lowest BCUT2D eigenvalue weighted by atomic mass is 9.86. The lowest BCUT2D eigenvalue weighted by molar-refractivity contribution is -0.117. The normalized spacial score (nSPS) is 20.7. The molecule has 2 atom stereocenters. The van der Waals surface area contributed by atoms with E-state index < -0.39 is 6.03 Å². The third-order valence-electron chi connectivity index (χ3n) is 4.28. The van der Waals surface area contributed by atoms with Crippen LogP contribution in [0.2, 0.25) is 0 Å². The summed E-state index contributed by atoms with van der Waals surface area (Å²) in [6, 6.07) is 7.15. The smallest absolute Gasteiger partial charge is 0.321 e. The number of carbonyl (C=O) groups is 2. The topological polar surface area (TPSA) is 84.2 Å². The Morgan fingerprint density at radius 1 is 1.29 bits per heavy atom. The number of fused-ring (bicyclic) bond motifs is 1. The SMILES string of the molecule is C[C@H]1CCCC[C@@H]1NC(=O)NC(=O)CSc1nc2ccccc2o1. The van der Waals surface area contributed by atoms with E-state index in [4.69, 9.17) is 4.42 Å². The van der Waals surface area contributed by atoms with Crippen molar-refractivity contribution in [3.63, 3.8) is 0 Å². The van der Waals surface area contributed by atoms with Gasteiger partial charge in [0.2, 0.25) is 5.91 Å². The molecular formula is C17H21N3O3S. The average molecular weight is 347 g/mol. The molecule has 0 saturated heterocycles. The lowest BCUT2D eigenvalue weighted by Gasteiger charge is -2.29. The zero-order chi connectivity index (χ0) is 16.9. The molecule has 128 valence electrons. The van der Waals surface area contributed by atoms with Crippen LogP contribution in [0.15, 0.2) is 33.9 Å². The van der Waals surface area contributed by atoms with Crippen LogP contribution in [0.3, 0.4) is 0 Å². The first-order chi connectivity index (χ1) is 11.6. The van der Waals surface area contributed by atoms with Crippen molar-refractivity contribution in [2.45, 2.75) is 43.9 Å². The van der Waals surface area contributed by atoms with Gasteiger partial charge in [-0.1, -0.05) is 43.7 Å². The Balaban J connectivity index is 1.45. The summed E-state index contributed by atoms with van der Waals surface area (Å²) in [5.74, 6) is 0.178. The Morgan fingerprint density at radius 3 is 2.88 bits per heavy atom. The highest BCUT2D eigenvalue weighted by Crippen LogP contribution is 2.24. The Hall–Kier alpha value is -2.02. The fourth-order valence-electron chi connectivity index (χ4n) is 2.94. The zero-order valence-corrected chi connectivity index (χ0v) is 14.4. The number of oxazole rings is 1. The van der Waals surface area contributed by atoms with Crippen LogP contribution in [-0.2, 0) is 4.79 Å². The molecule has 0 radical (unpaired) electrons. The molecule has 2 aromatic rings. The molecule has 1 heterocycles. The summed E-state index contributed by atoms with van der Waals surface area (Å²) < 4.78 is 5.53. The number of nitrogens with zero attached hydrogens (tertiary/aromatic N) is 1. The summed E-state index contributed by atoms with van der Waals surface area (Å²) >= 11 is 1.17. The molecule has 3 amide bonds. The van der Waals surface area contributed by atoms with Crippen LogP contribution in [0.4, 0.5) is 4.79 Å². The van der Waals surface area contributed by atoms with Crippen LogP contribution in [0, 0.1) is 5.92 Å². The van der Waals surface area contributed by atoms with Crippen molar-refractivity contribution >= 4 is 34.8 Å². The van der Waals surface area contributed by atoms with Gasteiger partial charge in [0.25, 0.3) is 5.22 Å². The molecule has 1 aromatic carbocycles. The van der Waals surface area contributed by atoms with Crippen molar-refractivity contribution in [3.05, 3.63) is 24.3 Å². The molecule has 24 heavy (non-hydrogen) atoms. The Morgan fingerprint density at radius 2 is 2.08 bits per heavy atom. The summed E-state index contributed by atoms with van der Waals surface area (Å²) in [4.78, 5) is 28.1. The molecule has 7 heteroatoms. The summed E-state index contributed by atoms with van der Waals surface area (Å²) in [5, 5.41) is 5.70. The third kappa shape index (κ3) is 4.29. The van der Waals surface area contributed by atoms with Crippen molar-refractivity contribution in [3.8, 4) is 0 Å². The molecule has 1 aliphatic carbocycles. The number of aromatic nitrogens is 1. The number of hydrogen-bond donors (Lipinski definition) is 2. The van der Waals surface area contributed by atoms with Gasteiger partial charge in [-0.3, -0.25) is 10.1 Å². The van der Waals surface area contributed by atoms with Crippen molar-refractivity contribution in [1.82, 2.24) is 15.6 Å². The van der Waals surface area contributed by atoms with Gasteiger partial charge in [-0.05, 0) is 30.9 Å². The van der Waals surface area contributed by atoms with Crippen LogP contribution in [0.5, 0.6) is 0 Å². The molecule has 1 saturated carbocycles. The minimum atomic E-state index is -0.420. The summed E-state index contributed by atoms with van der Waals surface area (Å²) in [6.07, 6.45) is 4.42. The van der Waals surface area contributed by atoms with E-state index >= 15 is 0 Å². The van der Waals surface area contributed by atoms with Crippen LogP contribution in [0.1, 0.15) is 32.6 Å². The quantitative estimate of drug-likeness (QED) is 0.829. The fraction of sp³-hybridized carbons (Fsp3) is 0.471. The first-order valence-electron chi connectivity index (χ1n) is 8.20. The molecule has 1 aromatic heterocycles. The van der Waals surface area contributed by atoms with Crippen molar-refractivity contribution < 1.29 is 14.0 Å². The van der Waals surface area contributed by atoms with Gasteiger partial charge < -0.3 is 9.73 Å². The van der Waals surface area contributed by atoms with Gasteiger partial charge in [0.15, 0.2) is 5.58 Å². The first-order valence-corrected chi connectivity index (χ1v) is 9.19. The van der Waals surface area contributed by atoms with E-state index in [0.717, 1.165) is 24.8 Å². The van der Waals surface area contributed by atoms with Crippen molar-refractivity contribution in [2.75, 3.05) is 5.75 Å². The van der Waals surface area contributed by atoms with Crippen molar-refractivity contribution in [2.24, 2.45) is 5.92 Å². The number of thioether (sulfide) groups is 1.